The fourth-order valence-corrected chi connectivity index (χ4v) is 1.69. The summed E-state index contributed by atoms with van der Waals surface area (Å²) >= 11 is 0. The number of carboxylic acids is 1. The molecule has 96 valence electrons. The number of aliphatic carboxylic acids is 1. The third-order valence-electron chi connectivity index (χ3n) is 2.57. The molecule has 4 heteroatoms. The van der Waals surface area contributed by atoms with Crippen LogP contribution in [-0.2, 0) is 9.53 Å². The van der Waals surface area contributed by atoms with Gasteiger partial charge < -0.3 is 14.9 Å². The van der Waals surface area contributed by atoms with Gasteiger partial charge in [-0.05, 0) is 13.3 Å². The highest BCUT2D eigenvalue weighted by molar-refractivity contribution is 5.62. The zero-order valence-corrected chi connectivity index (χ0v) is 10.5. The van der Waals surface area contributed by atoms with Crippen molar-refractivity contribution in [3.05, 3.63) is 0 Å². The summed E-state index contributed by atoms with van der Waals surface area (Å²) in [6.45, 7) is 5.84. The van der Waals surface area contributed by atoms with Gasteiger partial charge in [-0.2, -0.15) is 0 Å². The van der Waals surface area contributed by atoms with Gasteiger partial charge in [-0.25, -0.2) is 0 Å². The molecule has 0 saturated heterocycles. The molecule has 1 aliphatic carbocycles. The summed E-state index contributed by atoms with van der Waals surface area (Å²) in [6, 6.07) is 0. The average Bonchev–Trinajstić information content (AvgIpc) is 2.77. The first kappa shape index (κ1) is 15.4. The molecule has 16 heavy (non-hydrogen) atoms. The van der Waals surface area contributed by atoms with Crippen molar-refractivity contribution in [2.24, 2.45) is 5.92 Å². The van der Waals surface area contributed by atoms with Crippen LogP contribution in [0.5, 0.6) is 0 Å². The van der Waals surface area contributed by atoms with Crippen LogP contribution in [0.3, 0.4) is 0 Å². The molecule has 0 radical (unpaired) electrons. The van der Waals surface area contributed by atoms with Crippen LogP contribution >= 0.6 is 0 Å². The lowest BCUT2D eigenvalue weighted by molar-refractivity contribution is -0.134. The van der Waals surface area contributed by atoms with Crippen molar-refractivity contribution in [2.45, 2.75) is 58.7 Å². The Morgan fingerprint density at radius 3 is 2.44 bits per heavy atom. The number of ether oxygens (including phenoxy) is 1. The quantitative estimate of drug-likeness (QED) is 0.545. The van der Waals surface area contributed by atoms with Crippen LogP contribution in [0.1, 0.15) is 52.9 Å². The van der Waals surface area contributed by atoms with E-state index in [9.17, 15) is 5.11 Å². The van der Waals surface area contributed by atoms with Crippen LogP contribution in [0.25, 0.3) is 0 Å². The molecule has 0 aromatic rings. The highest BCUT2D eigenvalue weighted by Crippen LogP contribution is 2.47. The highest BCUT2D eigenvalue weighted by atomic mass is 16.6. The van der Waals surface area contributed by atoms with Crippen molar-refractivity contribution < 1.29 is 19.7 Å². The minimum absolute atomic E-state index is 0.420. The van der Waals surface area contributed by atoms with Gasteiger partial charge in [0.1, 0.15) is 0 Å². The number of hydrogen-bond donors (Lipinski definition) is 2. The number of rotatable bonds is 6. The van der Waals surface area contributed by atoms with Gasteiger partial charge in [0.25, 0.3) is 5.97 Å². The smallest absolute Gasteiger partial charge is 0.300 e. The zero-order chi connectivity index (χ0) is 12.6. The number of carbonyl (C=O) groups is 1. The van der Waals surface area contributed by atoms with Crippen LogP contribution in [0.15, 0.2) is 0 Å². The van der Waals surface area contributed by atoms with Crippen molar-refractivity contribution in [3.8, 4) is 0 Å². The van der Waals surface area contributed by atoms with Gasteiger partial charge in [0, 0.05) is 25.9 Å². The van der Waals surface area contributed by atoms with Gasteiger partial charge in [-0.15, -0.1) is 0 Å². The minimum Gasteiger partial charge on any atom is -0.481 e. The summed E-state index contributed by atoms with van der Waals surface area (Å²) in [6.07, 6.45) is 5.74. The van der Waals surface area contributed by atoms with Gasteiger partial charge in [0.05, 0.1) is 0 Å². The Morgan fingerprint density at radius 1 is 1.44 bits per heavy atom. The first-order valence-electron chi connectivity index (χ1n) is 6.02. The Balaban J connectivity index is 0.000000487. The van der Waals surface area contributed by atoms with Gasteiger partial charge in [-0.1, -0.05) is 26.2 Å². The Kier molecular flexibility index (Phi) is 7.34. The van der Waals surface area contributed by atoms with E-state index in [0.717, 1.165) is 19.8 Å². The number of unbranched alkanes of at least 4 members (excludes halogenated alkanes) is 2. The van der Waals surface area contributed by atoms with Gasteiger partial charge in [0.15, 0.2) is 5.79 Å². The fraction of sp³-hybridized carbons (Fsp3) is 0.917. The van der Waals surface area contributed by atoms with Crippen LogP contribution < -0.4 is 0 Å². The number of hydrogen-bond acceptors (Lipinski definition) is 3. The van der Waals surface area contributed by atoms with Crippen molar-refractivity contribution in [2.75, 3.05) is 6.61 Å². The second-order valence-corrected chi connectivity index (χ2v) is 4.19. The second-order valence-electron chi connectivity index (χ2n) is 4.19. The average molecular weight is 232 g/mol. The molecule has 0 bridgehead atoms. The van der Waals surface area contributed by atoms with Gasteiger partial charge in [-0.3, -0.25) is 4.79 Å². The Hall–Kier alpha value is -0.610. The highest BCUT2D eigenvalue weighted by Gasteiger charge is 2.53. The van der Waals surface area contributed by atoms with Crippen molar-refractivity contribution in [3.63, 3.8) is 0 Å². The molecule has 0 spiro atoms. The summed E-state index contributed by atoms with van der Waals surface area (Å²) in [4.78, 5) is 9.00. The maximum absolute atomic E-state index is 9.67. The van der Waals surface area contributed by atoms with Crippen LogP contribution in [0.4, 0.5) is 0 Å². The standard InChI is InChI=1S/C10H20O2.C2H4O2/c1-3-5-6-7-9-8-10(9,11)12-4-2;1-2(3)4/h9,11H,3-8H2,1-2H3;1H3,(H,3,4). The van der Waals surface area contributed by atoms with Crippen LogP contribution in [-0.4, -0.2) is 28.6 Å². The predicted molar refractivity (Wildman–Crippen MR) is 62.1 cm³/mol. The molecule has 0 aromatic carbocycles. The maximum Gasteiger partial charge on any atom is 0.300 e. The lowest BCUT2D eigenvalue weighted by Gasteiger charge is -2.09. The van der Waals surface area contributed by atoms with E-state index in [-0.39, 0.29) is 0 Å². The van der Waals surface area contributed by atoms with Crippen molar-refractivity contribution >= 4 is 5.97 Å². The largest absolute Gasteiger partial charge is 0.481 e. The molecule has 0 aliphatic heterocycles. The van der Waals surface area contributed by atoms with E-state index in [0.29, 0.717) is 12.5 Å². The fourth-order valence-electron chi connectivity index (χ4n) is 1.69. The van der Waals surface area contributed by atoms with Crippen molar-refractivity contribution in [1.29, 1.82) is 0 Å². The molecule has 1 fully saturated rings. The predicted octanol–water partition coefficient (Wildman–Crippen LogP) is 2.40. The van der Waals surface area contributed by atoms with E-state index in [2.05, 4.69) is 6.92 Å². The second kappa shape index (κ2) is 7.63. The molecule has 2 unspecified atom stereocenters. The molecule has 4 nitrogen and oxygen atoms in total. The van der Waals surface area contributed by atoms with Gasteiger partial charge in [0.2, 0.25) is 0 Å². The lowest BCUT2D eigenvalue weighted by Crippen LogP contribution is -2.15. The van der Waals surface area contributed by atoms with Crippen molar-refractivity contribution in [1.82, 2.24) is 0 Å². The summed E-state index contributed by atoms with van der Waals surface area (Å²) in [5.74, 6) is -1.15. The molecule has 2 atom stereocenters. The van der Waals surface area contributed by atoms with Gasteiger partial charge >= 0.3 is 0 Å². The van der Waals surface area contributed by atoms with E-state index in [4.69, 9.17) is 14.6 Å². The van der Waals surface area contributed by atoms with Crippen LogP contribution in [0, 0.1) is 5.92 Å². The van der Waals surface area contributed by atoms with E-state index < -0.39 is 11.8 Å². The molecule has 1 saturated carbocycles. The Labute approximate surface area is 97.6 Å². The summed E-state index contributed by atoms with van der Waals surface area (Å²) in [5.41, 5.74) is 0. The first-order chi connectivity index (χ1) is 7.46. The lowest BCUT2D eigenvalue weighted by atomic mass is 10.1. The molecule has 1 aliphatic rings. The van der Waals surface area contributed by atoms with E-state index >= 15 is 0 Å². The summed E-state index contributed by atoms with van der Waals surface area (Å²) in [5, 5.41) is 17.1. The minimum atomic E-state index is -0.833. The third kappa shape index (κ3) is 6.80. The number of carboxylic acid groups (broad SMARTS) is 1. The van der Waals surface area contributed by atoms with E-state index in [1.54, 1.807) is 0 Å². The molecule has 1 rings (SSSR count). The monoisotopic (exact) mass is 232 g/mol. The molecule has 0 amide bonds. The maximum atomic E-state index is 9.67. The zero-order valence-electron chi connectivity index (χ0n) is 10.5. The summed E-state index contributed by atoms with van der Waals surface area (Å²) < 4.78 is 5.24. The van der Waals surface area contributed by atoms with E-state index in [1.807, 2.05) is 6.92 Å². The number of aliphatic hydroxyl groups is 1. The summed E-state index contributed by atoms with van der Waals surface area (Å²) in [7, 11) is 0. The molecule has 0 aromatic heterocycles. The Morgan fingerprint density at radius 2 is 2.00 bits per heavy atom. The molecule has 2 N–H and O–H groups in total. The normalized spacial score (nSPS) is 26.9. The van der Waals surface area contributed by atoms with E-state index in [1.165, 1.54) is 19.3 Å². The third-order valence-corrected chi connectivity index (χ3v) is 2.57. The molecular formula is C12H24O4. The molecule has 0 heterocycles. The SMILES string of the molecule is CC(=O)O.CCCCCC1CC1(O)OCC. The topological polar surface area (TPSA) is 66.8 Å². The van der Waals surface area contributed by atoms with Crippen LogP contribution in [0.2, 0.25) is 0 Å². The Bertz CT molecular complexity index is 201. The molecular weight excluding hydrogens is 208 g/mol. The first-order valence-corrected chi connectivity index (χ1v) is 6.02.